The molecule has 0 aromatic carbocycles. The molecule has 0 aliphatic carbocycles. The highest BCUT2D eigenvalue weighted by molar-refractivity contribution is 5.76. The van der Waals surface area contributed by atoms with Crippen LogP contribution in [0.15, 0.2) is 0 Å². The SMILES string of the molecule is CNC(=O)CCCCC(=O)NCCCO[C@@H]1OC(CO)[C@H](O)C(O[C@H]2OC(CO)[C@H](O)[C@H](O)C2O)[C@@H]1O[C@H]1C[C@@H](O)[C@H](O)C(C)O1. The summed E-state index contributed by atoms with van der Waals surface area (Å²) in [6.07, 6.45) is -18.0. The fraction of sp³-hybridized carbons (Fsp3) is 0.929. The van der Waals surface area contributed by atoms with E-state index in [-0.39, 0.29) is 37.8 Å². The van der Waals surface area contributed by atoms with Gasteiger partial charge >= 0.3 is 0 Å². The van der Waals surface area contributed by atoms with Gasteiger partial charge in [-0.1, -0.05) is 0 Å². The van der Waals surface area contributed by atoms with E-state index in [0.717, 1.165) is 0 Å². The van der Waals surface area contributed by atoms with Gasteiger partial charge in [0.1, 0.15) is 54.9 Å². The highest BCUT2D eigenvalue weighted by atomic mass is 16.8. The van der Waals surface area contributed by atoms with E-state index in [9.17, 15) is 50.4 Å². The number of ether oxygens (including phenoxy) is 6. The average Bonchev–Trinajstić information content (AvgIpc) is 3.03. The van der Waals surface area contributed by atoms with E-state index in [1.165, 1.54) is 6.92 Å². The van der Waals surface area contributed by atoms with Crippen LogP contribution in [0.2, 0.25) is 0 Å². The minimum absolute atomic E-state index is 0.00818. The maximum Gasteiger partial charge on any atom is 0.219 e. The second-order valence-corrected chi connectivity index (χ2v) is 11.6. The molecule has 0 aromatic rings. The molecule has 14 atom stereocenters. The minimum Gasteiger partial charge on any atom is -0.394 e. The molecule has 0 radical (unpaired) electrons. The molecule has 5 unspecified atom stereocenters. The molecule has 46 heavy (non-hydrogen) atoms. The van der Waals surface area contributed by atoms with Gasteiger partial charge in [-0.2, -0.15) is 0 Å². The number of aliphatic hydroxyl groups excluding tert-OH is 8. The van der Waals surface area contributed by atoms with E-state index in [0.29, 0.717) is 25.7 Å². The number of amides is 2. The summed E-state index contributed by atoms with van der Waals surface area (Å²) in [5, 5.41) is 87.3. The number of hydrogen-bond donors (Lipinski definition) is 10. The summed E-state index contributed by atoms with van der Waals surface area (Å²) >= 11 is 0. The predicted molar refractivity (Wildman–Crippen MR) is 152 cm³/mol. The Labute approximate surface area is 266 Å². The molecule has 0 saturated carbocycles. The van der Waals surface area contributed by atoms with Crippen molar-refractivity contribution in [3.63, 3.8) is 0 Å². The number of carbonyl (C=O) groups excluding carboxylic acids is 2. The van der Waals surface area contributed by atoms with Gasteiger partial charge in [-0.05, 0) is 26.2 Å². The van der Waals surface area contributed by atoms with E-state index in [1.807, 2.05) is 0 Å². The number of rotatable bonds is 16. The summed E-state index contributed by atoms with van der Waals surface area (Å²) in [5.74, 6) is -0.298. The molecule has 18 nitrogen and oxygen atoms in total. The molecule has 18 heteroatoms. The molecule has 3 fully saturated rings. The zero-order valence-electron chi connectivity index (χ0n) is 26.0. The fourth-order valence-electron chi connectivity index (χ4n) is 5.38. The number of carbonyl (C=O) groups is 2. The van der Waals surface area contributed by atoms with Gasteiger partial charge in [0.25, 0.3) is 0 Å². The van der Waals surface area contributed by atoms with Crippen LogP contribution in [0.4, 0.5) is 0 Å². The van der Waals surface area contributed by atoms with Gasteiger partial charge in [-0.3, -0.25) is 9.59 Å². The summed E-state index contributed by atoms with van der Waals surface area (Å²) in [7, 11) is 1.54. The van der Waals surface area contributed by atoms with Gasteiger partial charge in [0, 0.05) is 32.9 Å². The average molecular weight is 671 g/mol. The van der Waals surface area contributed by atoms with Crippen LogP contribution in [-0.2, 0) is 38.0 Å². The van der Waals surface area contributed by atoms with Crippen molar-refractivity contribution in [1.29, 1.82) is 0 Å². The van der Waals surface area contributed by atoms with Crippen LogP contribution >= 0.6 is 0 Å². The van der Waals surface area contributed by atoms with Crippen LogP contribution in [0.3, 0.4) is 0 Å². The lowest BCUT2D eigenvalue weighted by molar-refractivity contribution is -0.382. The van der Waals surface area contributed by atoms with Gasteiger partial charge in [0.2, 0.25) is 11.8 Å². The molecule has 0 aromatic heterocycles. The summed E-state index contributed by atoms with van der Waals surface area (Å²) in [6.45, 7) is 0.318. The van der Waals surface area contributed by atoms with Crippen molar-refractivity contribution in [3.05, 3.63) is 0 Å². The van der Waals surface area contributed by atoms with Crippen molar-refractivity contribution in [3.8, 4) is 0 Å². The van der Waals surface area contributed by atoms with Crippen LogP contribution in [-0.4, -0.2) is 172 Å². The normalized spacial score (nSPS) is 40.0. The Kier molecular flexibility index (Phi) is 15.9. The molecule has 0 bridgehead atoms. The van der Waals surface area contributed by atoms with Crippen molar-refractivity contribution in [1.82, 2.24) is 10.6 Å². The van der Waals surface area contributed by atoms with Crippen molar-refractivity contribution in [2.45, 2.75) is 131 Å². The monoisotopic (exact) mass is 670 g/mol. The first-order chi connectivity index (χ1) is 21.9. The van der Waals surface area contributed by atoms with E-state index in [2.05, 4.69) is 10.6 Å². The first-order valence-electron chi connectivity index (χ1n) is 15.6. The Balaban J connectivity index is 1.68. The van der Waals surface area contributed by atoms with Crippen LogP contribution in [0.5, 0.6) is 0 Å². The third-order valence-electron chi connectivity index (χ3n) is 8.18. The molecule has 0 spiro atoms. The molecule has 3 heterocycles. The Morgan fingerprint density at radius 1 is 0.739 bits per heavy atom. The highest BCUT2D eigenvalue weighted by Crippen LogP contribution is 2.33. The number of hydrogen-bond acceptors (Lipinski definition) is 16. The van der Waals surface area contributed by atoms with Gasteiger partial charge in [-0.25, -0.2) is 0 Å². The standard InChI is InChI=1S/C28H50N2O16/c1-13-20(36)14(33)10-19(42-13)45-26-25(46-27-24(40)23(39)21(37)15(11-31)43-27)22(38)16(12-32)44-28(26)41-9-5-8-30-18(35)7-4-3-6-17(34)29-2/h13-16,19-28,31-33,36-40H,3-12H2,1-2H3,(H,29,34)(H,30,35)/t13?,14-,15?,16?,19+,20-,21+,22+,23+,24?,25?,26+,27-,28-/m1/s1. The first-order valence-corrected chi connectivity index (χ1v) is 15.6. The van der Waals surface area contributed by atoms with Gasteiger partial charge in [0.05, 0.1) is 32.0 Å². The molecule has 3 saturated heterocycles. The molecular weight excluding hydrogens is 620 g/mol. The molecular formula is C28H50N2O16. The summed E-state index contributed by atoms with van der Waals surface area (Å²) in [4.78, 5) is 23.4. The zero-order chi connectivity index (χ0) is 34.0. The second kappa shape index (κ2) is 18.8. The number of aliphatic hydroxyl groups is 8. The van der Waals surface area contributed by atoms with Gasteiger partial charge in [-0.15, -0.1) is 0 Å². The second-order valence-electron chi connectivity index (χ2n) is 11.6. The molecule has 268 valence electrons. The Morgan fingerprint density at radius 3 is 2.00 bits per heavy atom. The highest BCUT2D eigenvalue weighted by Gasteiger charge is 2.53. The third-order valence-corrected chi connectivity index (χ3v) is 8.18. The summed E-state index contributed by atoms with van der Waals surface area (Å²) in [5.41, 5.74) is 0. The smallest absolute Gasteiger partial charge is 0.219 e. The molecule has 10 N–H and O–H groups in total. The van der Waals surface area contributed by atoms with E-state index in [4.69, 9.17) is 28.4 Å². The maximum atomic E-state index is 12.1. The molecule has 2 amide bonds. The lowest BCUT2D eigenvalue weighted by Crippen LogP contribution is -2.66. The lowest BCUT2D eigenvalue weighted by atomic mass is 9.96. The minimum atomic E-state index is -1.82. The number of unbranched alkanes of at least 4 members (excludes halogenated alkanes) is 1. The van der Waals surface area contributed by atoms with Gasteiger partial charge in [0.15, 0.2) is 18.9 Å². The van der Waals surface area contributed by atoms with Crippen LogP contribution in [0, 0.1) is 0 Å². The van der Waals surface area contributed by atoms with E-state index < -0.39 is 99.2 Å². The van der Waals surface area contributed by atoms with Crippen LogP contribution in [0.25, 0.3) is 0 Å². The van der Waals surface area contributed by atoms with Crippen molar-refractivity contribution in [2.24, 2.45) is 0 Å². The predicted octanol–water partition coefficient (Wildman–Crippen LogP) is -4.68. The van der Waals surface area contributed by atoms with E-state index >= 15 is 0 Å². The lowest BCUT2D eigenvalue weighted by Gasteiger charge is -2.48. The Morgan fingerprint density at radius 2 is 1.37 bits per heavy atom. The zero-order valence-corrected chi connectivity index (χ0v) is 26.0. The fourth-order valence-corrected chi connectivity index (χ4v) is 5.38. The Hall–Kier alpha value is -1.62. The topological polar surface area (TPSA) is 275 Å². The maximum absolute atomic E-state index is 12.1. The van der Waals surface area contributed by atoms with E-state index in [1.54, 1.807) is 7.05 Å². The summed E-state index contributed by atoms with van der Waals surface area (Å²) in [6, 6.07) is 0. The molecule has 3 aliphatic heterocycles. The number of nitrogens with one attached hydrogen (secondary N) is 2. The molecule has 3 rings (SSSR count). The van der Waals surface area contributed by atoms with Crippen molar-refractivity contribution >= 4 is 11.8 Å². The quantitative estimate of drug-likeness (QED) is 0.0691. The molecule has 3 aliphatic rings. The van der Waals surface area contributed by atoms with Crippen LogP contribution in [0.1, 0.15) is 45.4 Å². The van der Waals surface area contributed by atoms with Crippen molar-refractivity contribution in [2.75, 3.05) is 33.4 Å². The van der Waals surface area contributed by atoms with Gasteiger partial charge < -0.3 is 79.9 Å². The third kappa shape index (κ3) is 10.4. The van der Waals surface area contributed by atoms with Crippen molar-refractivity contribution < 1.29 is 78.9 Å². The largest absolute Gasteiger partial charge is 0.394 e. The summed E-state index contributed by atoms with van der Waals surface area (Å²) < 4.78 is 34.7. The Bertz CT molecular complexity index is 920. The van der Waals surface area contributed by atoms with Crippen LogP contribution < -0.4 is 10.6 Å². The first kappa shape index (κ1) is 38.8.